The summed E-state index contributed by atoms with van der Waals surface area (Å²) in [5.41, 5.74) is 1.18. The van der Waals surface area contributed by atoms with Gasteiger partial charge in [0, 0.05) is 31.2 Å². The maximum absolute atomic E-state index is 11.0. The zero-order chi connectivity index (χ0) is 22.9. The summed E-state index contributed by atoms with van der Waals surface area (Å²) in [5, 5.41) is 22.8. The molecule has 2 saturated heterocycles. The number of aliphatic carboxylic acids is 1. The number of aliphatic hydroxyl groups is 1. The normalized spacial score (nSPS) is 26.7. The van der Waals surface area contributed by atoms with Crippen LogP contribution in [-0.4, -0.2) is 71.7 Å². The third-order valence-electron chi connectivity index (χ3n) is 6.78. The SMILES string of the molecule is CN[C@H]1CC2(CCN(Cc3cc(C(C)(C)C)ccc3OCC(=O)O)CC2)OC[C@]1(C)O. The summed E-state index contributed by atoms with van der Waals surface area (Å²) in [6.45, 7) is 10.8. The van der Waals surface area contributed by atoms with Gasteiger partial charge in [-0.1, -0.05) is 32.9 Å². The van der Waals surface area contributed by atoms with Crippen LogP contribution in [0.5, 0.6) is 5.75 Å². The Morgan fingerprint density at radius 3 is 2.58 bits per heavy atom. The molecular formula is C24H38N2O5. The molecule has 1 spiro atoms. The van der Waals surface area contributed by atoms with Crippen molar-refractivity contribution >= 4 is 5.97 Å². The first kappa shape index (κ1) is 24.0. The predicted molar refractivity (Wildman–Crippen MR) is 120 cm³/mol. The van der Waals surface area contributed by atoms with Crippen molar-refractivity contribution in [3.8, 4) is 5.75 Å². The Hall–Kier alpha value is -1.67. The van der Waals surface area contributed by atoms with Crippen LogP contribution >= 0.6 is 0 Å². The lowest BCUT2D eigenvalue weighted by Gasteiger charge is -2.50. The van der Waals surface area contributed by atoms with Crippen molar-refractivity contribution in [1.29, 1.82) is 0 Å². The minimum absolute atomic E-state index is 0.00107. The van der Waals surface area contributed by atoms with E-state index in [0.717, 1.165) is 37.9 Å². The van der Waals surface area contributed by atoms with E-state index in [1.165, 1.54) is 5.56 Å². The number of carbonyl (C=O) groups is 1. The monoisotopic (exact) mass is 434 g/mol. The summed E-state index contributed by atoms with van der Waals surface area (Å²) in [6, 6.07) is 6.08. The number of rotatable bonds is 6. The van der Waals surface area contributed by atoms with Crippen molar-refractivity contribution in [3.63, 3.8) is 0 Å². The number of benzene rings is 1. The smallest absolute Gasteiger partial charge is 0.341 e. The molecule has 0 aromatic heterocycles. The van der Waals surface area contributed by atoms with Gasteiger partial charge in [-0.15, -0.1) is 0 Å². The average Bonchev–Trinajstić information content (AvgIpc) is 2.70. The Bertz CT molecular complexity index is 779. The molecule has 7 nitrogen and oxygen atoms in total. The summed E-state index contributed by atoms with van der Waals surface area (Å²) in [7, 11) is 1.90. The summed E-state index contributed by atoms with van der Waals surface area (Å²) >= 11 is 0. The van der Waals surface area contributed by atoms with Gasteiger partial charge in [0.1, 0.15) is 11.4 Å². The maximum Gasteiger partial charge on any atom is 0.341 e. The predicted octanol–water partition coefficient (Wildman–Crippen LogP) is 2.54. The Kier molecular flexibility index (Phi) is 7.01. The number of nitrogens with one attached hydrogen (secondary N) is 1. The molecular weight excluding hydrogens is 396 g/mol. The highest BCUT2D eigenvalue weighted by Gasteiger charge is 2.47. The van der Waals surface area contributed by atoms with Crippen LogP contribution < -0.4 is 10.1 Å². The van der Waals surface area contributed by atoms with E-state index in [9.17, 15) is 9.90 Å². The number of carboxylic acid groups (broad SMARTS) is 1. The van der Waals surface area contributed by atoms with E-state index >= 15 is 0 Å². The van der Waals surface area contributed by atoms with Gasteiger partial charge in [0.15, 0.2) is 6.61 Å². The molecule has 3 N–H and O–H groups in total. The van der Waals surface area contributed by atoms with Crippen LogP contribution in [0.2, 0.25) is 0 Å². The van der Waals surface area contributed by atoms with Crippen LogP contribution in [0, 0.1) is 0 Å². The van der Waals surface area contributed by atoms with Crippen molar-refractivity contribution in [2.75, 3.05) is 33.4 Å². The van der Waals surface area contributed by atoms with Gasteiger partial charge in [-0.3, -0.25) is 4.90 Å². The number of likely N-dealkylation sites (N-methyl/N-ethyl adjacent to an activating group) is 1. The number of carboxylic acids is 1. The molecule has 1 aromatic carbocycles. The Morgan fingerprint density at radius 1 is 1.32 bits per heavy atom. The molecule has 0 saturated carbocycles. The first-order valence-electron chi connectivity index (χ1n) is 11.2. The molecule has 2 atom stereocenters. The van der Waals surface area contributed by atoms with Crippen LogP contribution in [0.25, 0.3) is 0 Å². The molecule has 2 heterocycles. The molecule has 31 heavy (non-hydrogen) atoms. The van der Waals surface area contributed by atoms with E-state index in [2.05, 4.69) is 37.1 Å². The van der Waals surface area contributed by atoms with Crippen molar-refractivity contribution in [1.82, 2.24) is 10.2 Å². The molecule has 0 aliphatic carbocycles. The quantitative estimate of drug-likeness (QED) is 0.634. The van der Waals surface area contributed by atoms with E-state index < -0.39 is 11.6 Å². The van der Waals surface area contributed by atoms with Crippen LogP contribution in [0.15, 0.2) is 18.2 Å². The third kappa shape index (κ3) is 5.77. The molecule has 0 amide bonds. The number of nitrogens with zero attached hydrogens (tertiary/aromatic N) is 1. The minimum atomic E-state index is -0.977. The third-order valence-corrected chi connectivity index (χ3v) is 6.78. The molecule has 0 bridgehead atoms. The summed E-state index contributed by atoms with van der Waals surface area (Å²) in [6.07, 6.45) is 2.62. The van der Waals surface area contributed by atoms with Crippen molar-refractivity contribution in [2.24, 2.45) is 0 Å². The fraction of sp³-hybridized carbons (Fsp3) is 0.708. The summed E-state index contributed by atoms with van der Waals surface area (Å²) in [4.78, 5) is 13.4. The van der Waals surface area contributed by atoms with E-state index in [1.807, 2.05) is 26.1 Å². The Labute approximate surface area is 185 Å². The second kappa shape index (κ2) is 9.06. The lowest BCUT2D eigenvalue weighted by Crippen LogP contribution is -2.62. The molecule has 174 valence electrons. The molecule has 2 aliphatic rings. The van der Waals surface area contributed by atoms with Gasteiger partial charge < -0.3 is 25.0 Å². The first-order chi connectivity index (χ1) is 14.4. The van der Waals surface area contributed by atoms with Gasteiger partial charge in [0.25, 0.3) is 0 Å². The van der Waals surface area contributed by atoms with Crippen LogP contribution in [0.3, 0.4) is 0 Å². The van der Waals surface area contributed by atoms with E-state index in [-0.39, 0.29) is 23.7 Å². The van der Waals surface area contributed by atoms with Crippen LogP contribution in [-0.2, 0) is 21.5 Å². The van der Waals surface area contributed by atoms with Gasteiger partial charge in [0.05, 0.1) is 12.2 Å². The average molecular weight is 435 g/mol. The second-order valence-corrected chi connectivity index (χ2v) is 10.4. The Morgan fingerprint density at radius 2 is 2.00 bits per heavy atom. The van der Waals surface area contributed by atoms with Crippen LogP contribution in [0.4, 0.5) is 0 Å². The Balaban J connectivity index is 1.69. The molecule has 0 unspecified atom stereocenters. The molecule has 2 aliphatic heterocycles. The highest BCUT2D eigenvalue weighted by Crippen LogP contribution is 2.39. The molecule has 1 aromatic rings. The van der Waals surface area contributed by atoms with Gasteiger partial charge in [0.2, 0.25) is 0 Å². The fourth-order valence-corrected chi connectivity index (χ4v) is 4.62. The molecule has 2 fully saturated rings. The summed E-state index contributed by atoms with van der Waals surface area (Å²) in [5.74, 6) is -0.342. The van der Waals surface area contributed by atoms with E-state index in [0.29, 0.717) is 18.9 Å². The summed E-state index contributed by atoms with van der Waals surface area (Å²) < 4.78 is 11.8. The number of likely N-dealkylation sites (tertiary alicyclic amines) is 1. The lowest BCUT2D eigenvalue weighted by atomic mass is 9.77. The van der Waals surface area contributed by atoms with Crippen molar-refractivity contribution in [3.05, 3.63) is 29.3 Å². The second-order valence-electron chi connectivity index (χ2n) is 10.4. The highest BCUT2D eigenvalue weighted by atomic mass is 16.5. The lowest BCUT2D eigenvalue weighted by molar-refractivity contribution is -0.192. The highest BCUT2D eigenvalue weighted by molar-refractivity contribution is 5.68. The van der Waals surface area contributed by atoms with Crippen LogP contribution in [0.1, 0.15) is 58.1 Å². The zero-order valence-electron chi connectivity index (χ0n) is 19.5. The first-order valence-corrected chi connectivity index (χ1v) is 11.2. The molecule has 3 rings (SSSR count). The van der Waals surface area contributed by atoms with Crippen molar-refractivity contribution in [2.45, 2.75) is 76.2 Å². The van der Waals surface area contributed by atoms with Gasteiger partial charge in [-0.05, 0) is 50.3 Å². The minimum Gasteiger partial charge on any atom is -0.482 e. The topological polar surface area (TPSA) is 91.3 Å². The van der Waals surface area contributed by atoms with Gasteiger partial charge in [-0.2, -0.15) is 0 Å². The van der Waals surface area contributed by atoms with E-state index in [1.54, 1.807) is 0 Å². The number of piperidine rings is 1. The molecule has 7 heteroatoms. The number of hydrogen-bond acceptors (Lipinski definition) is 6. The zero-order valence-corrected chi connectivity index (χ0v) is 19.5. The van der Waals surface area contributed by atoms with Crippen molar-refractivity contribution < 1.29 is 24.5 Å². The molecule has 0 radical (unpaired) electrons. The standard InChI is InChI=1S/C24H38N2O5/c1-22(2,3)18-6-7-19(30-15-21(27)28)17(12-18)14-26-10-8-24(9-11-26)13-20(25-5)23(4,29)16-31-24/h6-7,12,20,25,29H,8-11,13-16H2,1-5H3,(H,27,28)/t20-,23-/m0/s1. The largest absolute Gasteiger partial charge is 0.482 e. The number of hydrogen-bond donors (Lipinski definition) is 3. The maximum atomic E-state index is 11.0. The van der Waals surface area contributed by atoms with Gasteiger partial charge >= 0.3 is 5.97 Å². The van der Waals surface area contributed by atoms with Gasteiger partial charge in [-0.25, -0.2) is 4.79 Å². The van der Waals surface area contributed by atoms with E-state index in [4.69, 9.17) is 14.6 Å². The fourth-order valence-electron chi connectivity index (χ4n) is 4.62. The number of ether oxygens (including phenoxy) is 2.